The summed E-state index contributed by atoms with van der Waals surface area (Å²) in [5.74, 6) is 0.611. The van der Waals surface area contributed by atoms with Crippen LogP contribution in [0.15, 0.2) is 12.4 Å². The van der Waals surface area contributed by atoms with Gasteiger partial charge in [0.1, 0.15) is 6.33 Å². The van der Waals surface area contributed by atoms with Crippen molar-refractivity contribution in [1.29, 1.82) is 0 Å². The van der Waals surface area contributed by atoms with E-state index in [0.717, 1.165) is 18.7 Å². The molecule has 0 aliphatic carbocycles. The van der Waals surface area contributed by atoms with Crippen molar-refractivity contribution in [2.24, 2.45) is 0 Å². The second-order valence-corrected chi connectivity index (χ2v) is 3.16. The molecule has 0 fully saturated rings. The Balaban J connectivity index is 2.64. The summed E-state index contributed by atoms with van der Waals surface area (Å²) in [5.41, 5.74) is 0.963. The van der Waals surface area contributed by atoms with E-state index >= 15 is 0 Å². The molecule has 0 aliphatic heterocycles. The molecule has 78 valence electrons. The van der Waals surface area contributed by atoms with Gasteiger partial charge >= 0.3 is 0 Å². The van der Waals surface area contributed by atoms with Crippen LogP contribution in [0.5, 0.6) is 5.88 Å². The molecule has 0 radical (unpaired) electrons. The maximum atomic E-state index is 5.03. The van der Waals surface area contributed by atoms with Crippen molar-refractivity contribution in [2.75, 3.05) is 13.7 Å². The molecule has 0 aliphatic rings. The number of ether oxygens (including phenoxy) is 1. The minimum Gasteiger partial charge on any atom is -0.481 e. The first-order valence-corrected chi connectivity index (χ1v) is 4.87. The summed E-state index contributed by atoms with van der Waals surface area (Å²) in [4.78, 5) is 8.15. The van der Waals surface area contributed by atoms with Gasteiger partial charge in [0.15, 0.2) is 0 Å². The standard InChI is InChI=1S/C10H17N3O/c1-4-5-11-8(2)9-6-10(14-3)13-7-12-9/h6-8,11H,4-5H2,1-3H3. The van der Waals surface area contributed by atoms with Crippen molar-refractivity contribution in [2.45, 2.75) is 26.3 Å². The van der Waals surface area contributed by atoms with Crippen molar-refractivity contribution < 1.29 is 4.74 Å². The molecule has 0 saturated carbocycles. The number of methoxy groups -OCH3 is 1. The van der Waals surface area contributed by atoms with Gasteiger partial charge in [-0.2, -0.15) is 0 Å². The van der Waals surface area contributed by atoms with E-state index < -0.39 is 0 Å². The molecular weight excluding hydrogens is 178 g/mol. The van der Waals surface area contributed by atoms with Gasteiger partial charge in [0.05, 0.1) is 12.8 Å². The van der Waals surface area contributed by atoms with E-state index in [-0.39, 0.29) is 6.04 Å². The quantitative estimate of drug-likeness (QED) is 0.774. The Morgan fingerprint density at radius 1 is 1.50 bits per heavy atom. The summed E-state index contributed by atoms with van der Waals surface area (Å²) in [6.45, 7) is 5.21. The molecule has 1 heterocycles. The van der Waals surface area contributed by atoms with Gasteiger partial charge in [0.2, 0.25) is 5.88 Å². The lowest BCUT2D eigenvalue weighted by Gasteiger charge is -2.12. The molecule has 1 aromatic rings. The van der Waals surface area contributed by atoms with Gasteiger partial charge in [-0.3, -0.25) is 0 Å². The maximum absolute atomic E-state index is 5.03. The fraction of sp³-hybridized carbons (Fsp3) is 0.600. The van der Waals surface area contributed by atoms with Crippen molar-refractivity contribution in [1.82, 2.24) is 15.3 Å². The van der Waals surface area contributed by atoms with Crippen LogP contribution < -0.4 is 10.1 Å². The average Bonchev–Trinajstić information content (AvgIpc) is 2.26. The molecule has 0 saturated heterocycles. The maximum Gasteiger partial charge on any atom is 0.216 e. The first-order chi connectivity index (χ1) is 6.77. The predicted octanol–water partition coefficient (Wildman–Crippen LogP) is 1.55. The van der Waals surface area contributed by atoms with Crippen molar-refractivity contribution in [3.63, 3.8) is 0 Å². The van der Waals surface area contributed by atoms with Crippen LogP contribution in [0.3, 0.4) is 0 Å². The van der Waals surface area contributed by atoms with E-state index in [1.54, 1.807) is 7.11 Å². The topological polar surface area (TPSA) is 47.0 Å². The molecule has 0 spiro atoms. The summed E-state index contributed by atoms with van der Waals surface area (Å²) in [5, 5.41) is 3.35. The van der Waals surface area contributed by atoms with Gasteiger partial charge in [-0.15, -0.1) is 0 Å². The van der Waals surface area contributed by atoms with Crippen LogP contribution in [-0.2, 0) is 0 Å². The SMILES string of the molecule is CCCNC(C)c1cc(OC)ncn1. The third-order valence-corrected chi connectivity index (χ3v) is 2.02. The van der Waals surface area contributed by atoms with Gasteiger partial charge in [-0.25, -0.2) is 9.97 Å². The first-order valence-electron chi connectivity index (χ1n) is 4.87. The molecule has 0 bridgehead atoms. The number of hydrogen-bond acceptors (Lipinski definition) is 4. The third-order valence-electron chi connectivity index (χ3n) is 2.02. The van der Waals surface area contributed by atoms with Crippen LogP contribution in [0.25, 0.3) is 0 Å². The smallest absolute Gasteiger partial charge is 0.216 e. The second kappa shape index (κ2) is 5.54. The highest BCUT2D eigenvalue weighted by Gasteiger charge is 2.06. The number of hydrogen-bond donors (Lipinski definition) is 1. The van der Waals surface area contributed by atoms with Gasteiger partial charge in [-0.05, 0) is 19.9 Å². The van der Waals surface area contributed by atoms with Gasteiger partial charge in [0.25, 0.3) is 0 Å². The molecule has 0 amide bonds. The average molecular weight is 195 g/mol. The van der Waals surface area contributed by atoms with Crippen LogP contribution in [0.2, 0.25) is 0 Å². The summed E-state index contributed by atoms with van der Waals surface area (Å²) < 4.78 is 5.03. The molecule has 1 atom stereocenters. The zero-order chi connectivity index (χ0) is 10.4. The lowest BCUT2D eigenvalue weighted by Crippen LogP contribution is -2.20. The lowest BCUT2D eigenvalue weighted by molar-refractivity contribution is 0.394. The predicted molar refractivity (Wildman–Crippen MR) is 55.3 cm³/mol. The number of rotatable bonds is 5. The molecule has 1 aromatic heterocycles. The normalized spacial score (nSPS) is 12.5. The Morgan fingerprint density at radius 2 is 2.29 bits per heavy atom. The van der Waals surface area contributed by atoms with E-state index in [1.165, 1.54) is 6.33 Å². The highest BCUT2D eigenvalue weighted by atomic mass is 16.5. The van der Waals surface area contributed by atoms with E-state index in [2.05, 4.69) is 29.1 Å². The van der Waals surface area contributed by atoms with Crippen LogP contribution in [0.4, 0.5) is 0 Å². The third kappa shape index (κ3) is 2.96. The van der Waals surface area contributed by atoms with E-state index in [0.29, 0.717) is 5.88 Å². The summed E-state index contributed by atoms with van der Waals surface area (Å²) in [7, 11) is 1.61. The minimum absolute atomic E-state index is 0.242. The second-order valence-electron chi connectivity index (χ2n) is 3.16. The van der Waals surface area contributed by atoms with Crippen LogP contribution in [0.1, 0.15) is 32.0 Å². The Morgan fingerprint density at radius 3 is 2.93 bits per heavy atom. The monoisotopic (exact) mass is 195 g/mol. The van der Waals surface area contributed by atoms with E-state index in [9.17, 15) is 0 Å². The Kier molecular flexibility index (Phi) is 4.32. The zero-order valence-corrected chi connectivity index (χ0v) is 8.95. The largest absolute Gasteiger partial charge is 0.481 e. The summed E-state index contributed by atoms with van der Waals surface area (Å²) in [6, 6.07) is 2.10. The fourth-order valence-electron chi connectivity index (χ4n) is 1.17. The molecular formula is C10H17N3O. The van der Waals surface area contributed by atoms with Crippen molar-refractivity contribution in [3.8, 4) is 5.88 Å². The van der Waals surface area contributed by atoms with E-state index in [4.69, 9.17) is 4.74 Å². The lowest BCUT2D eigenvalue weighted by atomic mass is 10.2. The fourth-order valence-corrected chi connectivity index (χ4v) is 1.17. The Labute approximate surface area is 84.7 Å². The number of aromatic nitrogens is 2. The first kappa shape index (κ1) is 10.9. The Hall–Kier alpha value is -1.16. The molecule has 1 N–H and O–H groups in total. The highest BCUT2D eigenvalue weighted by Crippen LogP contribution is 2.13. The number of nitrogens with one attached hydrogen (secondary N) is 1. The van der Waals surface area contributed by atoms with Crippen molar-refractivity contribution in [3.05, 3.63) is 18.1 Å². The Bertz CT molecular complexity index is 278. The van der Waals surface area contributed by atoms with E-state index in [1.807, 2.05) is 6.07 Å². The van der Waals surface area contributed by atoms with Crippen LogP contribution in [-0.4, -0.2) is 23.6 Å². The summed E-state index contributed by atoms with van der Waals surface area (Å²) in [6.07, 6.45) is 2.64. The zero-order valence-electron chi connectivity index (χ0n) is 8.95. The molecule has 0 aromatic carbocycles. The molecule has 1 rings (SSSR count). The van der Waals surface area contributed by atoms with Gasteiger partial charge < -0.3 is 10.1 Å². The minimum atomic E-state index is 0.242. The molecule has 4 heteroatoms. The molecule has 14 heavy (non-hydrogen) atoms. The van der Waals surface area contributed by atoms with Crippen LogP contribution >= 0.6 is 0 Å². The molecule has 1 unspecified atom stereocenters. The highest BCUT2D eigenvalue weighted by molar-refractivity contribution is 5.15. The van der Waals surface area contributed by atoms with Gasteiger partial charge in [-0.1, -0.05) is 6.92 Å². The van der Waals surface area contributed by atoms with Crippen molar-refractivity contribution >= 4 is 0 Å². The number of nitrogens with zero attached hydrogens (tertiary/aromatic N) is 2. The molecule has 4 nitrogen and oxygen atoms in total. The van der Waals surface area contributed by atoms with Gasteiger partial charge in [0, 0.05) is 12.1 Å². The summed E-state index contributed by atoms with van der Waals surface area (Å²) >= 11 is 0. The van der Waals surface area contributed by atoms with Crippen LogP contribution in [0, 0.1) is 0 Å².